The summed E-state index contributed by atoms with van der Waals surface area (Å²) in [5, 5.41) is 0. The first-order valence-corrected chi connectivity index (χ1v) is 3.61. The van der Waals surface area contributed by atoms with Crippen molar-refractivity contribution in [2.24, 2.45) is 0 Å². The molecule has 0 aromatic carbocycles. The molecular weight excluding hydrogens is 132 g/mol. The maximum atomic E-state index is 5.53. The van der Waals surface area contributed by atoms with Crippen molar-refractivity contribution >= 4 is 0 Å². The van der Waals surface area contributed by atoms with Crippen LogP contribution in [-0.4, -0.2) is 31.2 Å². The molecule has 0 amide bonds. The summed E-state index contributed by atoms with van der Waals surface area (Å²) in [5.41, 5.74) is 0. The van der Waals surface area contributed by atoms with E-state index in [1.54, 1.807) is 0 Å². The molecule has 2 heterocycles. The van der Waals surface area contributed by atoms with E-state index in [-0.39, 0.29) is 18.0 Å². The molecule has 2 rings (SSSR count). The highest BCUT2D eigenvalue weighted by Crippen LogP contribution is 2.31. The Labute approximate surface area is 60.3 Å². The van der Waals surface area contributed by atoms with Crippen molar-refractivity contribution in [1.82, 2.24) is 0 Å². The van der Waals surface area contributed by atoms with E-state index in [1.165, 1.54) is 0 Å². The summed E-state index contributed by atoms with van der Waals surface area (Å²) < 4.78 is 16.2. The van der Waals surface area contributed by atoms with Gasteiger partial charge in [-0.15, -0.1) is 0 Å². The largest absolute Gasteiger partial charge is 0.376 e. The highest BCUT2D eigenvalue weighted by atomic mass is 16.8. The molecule has 0 bridgehead atoms. The molecule has 0 saturated carbocycles. The number of fused-ring (bicyclic) bond motifs is 1. The van der Waals surface area contributed by atoms with Gasteiger partial charge in [-0.05, 0) is 13.8 Å². The molecule has 2 aliphatic rings. The van der Waals surface area contributed by atoms with Crippen molar-refractivity contribution in [2.75, 3.05) is 13.2 Å². The number of hydrogen-bond acceptors (Lipinski definition) is 3. The van der Waals surface area contributed by atoms with Gasteiger partial charge in [0, 0.05) is 0 Å². The molecular formula is C7H12O3. The minimum absolute atomic E-state index is 0.176. The summed E-state index contributed by atoms with van der Waals surface area (Å²) >= 11 is 0. The molecule has 0 spiro atoms. The molecule has 10 heavy (non-hydrogen) atoms. The SMILES string of the molecule is CC1(C)OC2COCC2O1. The highest BCUT2D eigenvalue weighted by Gasteiger charge is 2.44. The molecule has 0 aliphatic carbocycles. The summed E-state index contributed by atoms with van der Waals surface area (Å²) in [7, 11) is 0. The normalized spacial score (nSPS) is 43.8. The molecule has 3 heteroatoms. The molecule has 0 aromatic heterocycles. The van der Waals surface area contributed by atoms with Gasteiger partial charge in [-0.25, -0.2) is 0 Å². The Bertz CT molecular complexity index is 130. The van der Waals surface area contributed by atoms with E-state index in [9.17, 15) is 0 Å². The van der Waals surface area contributed by atoms with Gasteiger partial charge in [0.05, 0.1) is 13.2 Å². The Balaban J connectivity index is 2.07. The summed E-state index contributed by atoms with van der Waals surface area (Å²) in [6, 6.07) is 0. The molecule has 0 radical (unpaired) electrons. The topological polar surface area (TPSA) is 27.7 Å². The van der Waals surface area contributed by atoms with Gasteiger partial charge in [-0.2, -0.15) is 0 Å². The summed E-state index contributed by atoms with van der Waals surface area (Å²) in [6.07, 6.45) is 0.352. The van der Waals surface area contributed by atoms with Crippen molar-refractivity contribution in [1.29, 1.82) is 0 Å². The zero-order chi connectivity index (χ0) is 7.19. The predicted molar refractivity (Wildman–Crippen MR) is 34.6 cm³/mol. The van der Waals surface area contributed by atoms with Crippen LogP contribution in [0.15, 0.2) is 0 Å². The molecule has 0 aromatic rings. The van der Waals surface area contributed by atoms with E-state index in [0.29, 0.717) is 13.2 Å². The molecule has 2 fully saturated rings. The Morgan fingerprint density at radius 2 is 1.60 bits per heavy atom. The van der Waals surface area contributed by atoms with E-state index in [1.807, 2.05) is 13.8 Å². The first kappa shape index (κ1) is 6.58. The first-order valence-electron chi connectivity index (χ1n) is 3.61. The van der Waals surface area contributed by atoms with Gasteiger partial charge in [-0.1, -0.05) is 0 Å². The van der Waals surface area contributed by atoms with Crippen LogP contribution < -0.4 is 0 Å². The fraction of sp³-hybridized carbons (Fsp3) is 1.00. The maximum absolute atomic E-state index is 5.53. The third-order valence-corrected chi connectivity index (χ3v) is 1.85. The highest BCUT2D eigenvalue weighted by molar-refractivity contribution is 4.84. The van der Waals surface area contributed by atoms with Crippen LogP contribution in [0.25, 0.3) is 0 Å². The average molecular weight is 144 g/mol. The third kappa shape index (κ3) is 0.944. The Kier molecular flexibility index (Phi) is 1.27. The Morgan fingerprint density at radius 3 is 2.10 bits per heavy atom. The number of ether oxygens (including phenoxy) is 3. The molecule has 2 atom stereocenters. The molecule has 58 valence electrons. The lowest BCUT2D eigenvalue weighted by Crippen LogP contribution is -2.23. The molecule has 3 nitrogen and oxygen atoms in total. The second kappa shape index (κ2) is 1.94. The number of hydrogen-bond donors (Lipinski definition) is 0. The van der Waals surface area contributed by atoms with Crippen LogP contribution >= 0.6 is 0 Å². The van der Waals surface area contributed by atoms with Crippen molar-refractivity contribution in [2.45, 2.75) is 31.8 Å². The monoisotopic (exact) mass is 144 g/mol. The Morgan fingerprint density at radius 1 is 1.10 bits per heavy atom. The molecule has 2 aliphatic heterocycles. The summed E-state index contributed by atoms with van der Waals surface area (Å²) in [5.74, 6) is -0.390. The summed E-state index contributed by atoms with van der Waals surface area (Å²) in [4.78, 5) is 0. The van der Waals surface area contributed by atoms with Crippen LogP contribution in [0.5, 0.6) is 0 Å². The molecule has 2 unspecified atom stereocenters. The lowest BCUT2D eigenvalue weighted by molar-refractivity contribution is -0.164. The van der Waals surface area contributed by atoms with Crippen LogP contribution in [0.2, 0.25) is 0 Å². The molecule has 2 saturated heterocycles. The standard InChI is InChI=1S/C7H12O3/c1-7(2)9-5-3-8-4-6(5)10-7/h5-6H,3-4H2,1-2H3. The third-order valence-electron chi connectivity index (χ3n) is 1.85. The van der Waals surface area contributed by atoms with Gasteiger partial charge in [0.15, 0.2) is 5.79 Å². The van der Waals surface area contributed by atoms with E-state index >= 15 is 0 Å². The lowest BCUT2D eigenvalue weighted by Gasteiger charge is -2.17. The van der Waals surface area contributed by atoms with Gasteiger partial charge >= 0.3 is 0 Å². The first-order chi connectivity index (χ1) is 4.67. The fourth-order valence-electron chi connectivity index (χ4n) is 1.49. The number of rotatable bonds is 0. The summed E-state index contributed by atoms with van der Waals surface area (Å²) in [6.45, 7) is 5.25. The van der Waals surface area contributed by atoms with Crippen LogP contribution in [0, 0.1) is 0 Å². The van der Waals surface area contributed by atoms with Crippen LogP contribution in [0.1, 0.15) is 13.8 Å². The van der Waals surface area contributed by atoms with Gasteiger partial charge < -0.3 is 14.2 Å². The van der Waals surface area contributed by atoms with Gasteiger partial charge in [0.2, 0.25) is 0 Å². The molecule has 0 N–H and O–H groups in total. The fourth-order valence-corrected chi connectivity index (χ4v) is 1.49. The minimum Gasteiger partial charge on any atom is -0.376 e. The van der Waals surface area contributed by atoms with Crippen molar-refractivity contribution < 1.29 is 14.2 Å². The minimum atomic E-state index is -0.390. The second-order valence-electron chi connectivity index (χ2n) is 3.25. The van der Waals surface area contributed by atoms with Gasteiger partial charge in [0.25, 0.3) is 0 Å². The smallest absolute Gasteiger partial charge is 0.163 e. The van der Waals surface area contributed by atoms with Crippen molar-refractivity contribution in [3.8, 4) is 0 Å². The lowest BCUT2D eigenvalue weighted by atomic mass is 10.3. The van der Waals surface area contributed by atoms with E-state index in [0.717, 1.165) is 0 Å². The Hall–Kier alpha value is -0.120. The quantitative estimate of drug-likeness (QED) is 0.496. The van der Waals surface area contributed by atoms with Crippen LogP contribution in [0.4, 0.5) is 0 Å². The van der Waals surface area contributed by atoms with Crippen molar-refractivity contribution in [3.63, 3.8) is 0 Å². The predicted octanol–water partition coefficient (Wildman–Crippen LogP) is 0.537. The maximum Gasteiger partial charge on any atom is 0.163 e. The van der Waals surface area contributed by atoms with Crippen LogP contribution in [0.3, 0.4) is 0 Å². The van der Waals surface area contributed by atoms with Gasteiger partial charge in [-0.3, -0.25) is 0 Å². The zero-order valence-corrected chi connectivity index (χ0v) is 6.29. The van der Waals surface area contributed by atoms with Crippen LogP contribution in [-0.2, 0) is 14.2 Å². The van der Waals surface area contributed by atoms with Gasteiger partial charge in [0.1, 0.15) is 12.2 Å². The van der Waals surface area contributed by atoms with E-state index in [2.05, 4.69) is 0 Å². The average Bonchev–Trinajstić information content (AvgIpc) is 2.20. The zero-order valence-electron chi connectivity index (χ0n) is 6.29. The van der Waals surface area contributed by atoms with E-state index < -0.39 is 0 Å². The van der Waals surface area contributed by atoms with Crippen molar-refractivity contribution in [3.05, 3.63) is 0 Å². The second-order valence-corrected chi connectivity index (χ2v) is 3.25. The van der Waals surface area contributed by atoms with E-state index in [4.69, 9.17) is 14.2 Å².